The van der Waals surface area contributed by atoms with Crippen molar-refractivity contribution in [2.24, 2.45) is 0 Å². The van der Waals surface area contributed by atoms with Crippen LogP contribution in [0.5, 0.6) is 0 Å². The summed E-state index contributed by atoms with van der Waals surface area (Å²) in [5, 5.41) is 4.72. The van der Waals surface area contributed by atoms with Crippen molar-refractivity contribution in [2.75, 3.05) is 44.7 Å². The lowest BCUT2D eigenvalue weighted by Crippen LogP contribution is -2.37. The highest BCUT2D eigenvalue weighted by Crippen LogP contribution is 2.24. The number of nitrogens with zero attached hydrogens (tertiary/aromatic N) is 1. The molecule has 0 saturated carbocycles. The Morgan fingerprint density at radius 1 is 1.00 bits per heavy atom. The molecule has 27 heavy (non-hydrogen) atoms. The van der Waals surface area contributed by atoms with Gasteiger partial charge in [0.05, 0.1) is 24.0 Å². The fourth-order valence-corrected chi connectivity index (χ4v) is 3.58. The monoisotopic (exact) mass is 366 g/mol. The molecule has 5 heteroatoms. The van der Waals surface area contributed by atoms with Gasteiger partial charge in [-0.05, 0) is 62.2 Å². The first-order valence-electron chi connectivity index (χ1n) is 9.63. The number of rotatable bonds is 5. The minimum absolute atomic E-state index is 0.0354. The zero-order valence-electron chi connectivity index (χ0n) is 16.0. The molecule has 1 aliphatic heterocycles. The van der Waals surface area contributed by atoms with E-state index >= 15 is 0 Å². The van der Waals surface area contributed by atoms with Crippen molar-refractivity contribution >= 4 is 27.6 Å². The lowest BCUT2D eigenvalue weighted by Gasteiger charge is -2.26. The Labute approximate surface area is 158 Å². The summed E-state index contributed by atoms with van der Waals surface area (Å²) in [6.07, 6.45) is 1.07. The number of morpholine rings is 1. The molecular formula is C22H26N2O3. The molecule has 0 unspecified atom stereocenters. The topological polar surface area (TPSA) is 54.7 Å². The van der Waals surface area contributed by atoms with Gasteiger partial charge in [0, 0.05) is 31.4 Å². The molecule has 0 aliphatic carbocycles. The van der Waals surface area contributed by atoms with Crippen LogP contribution in [0, 0.1) is 13.8 Å². The quantitative estimate of drug-likeness (QED) is 0.551. The van der Waals surface area contributed by atoms with Crippen LogP contribution in [0.25, 0.3) is 21.9 Å². The number of nitrogens with one attached hydrogen (secondary N) is 1. The zero-order chi connectivity index (χ0) is 18.8. The number of ether oxygens (including phenoxy) is 1. The maximum absolute atomic E-state index is 12.8. The van der Waals surface area contributed by atoms with E-state index in [0.29, 0.717) is 21.9 Å². The molecule has 142 valence electrons. The number of hydrogen-bond donors (Lipinski definition) is 1. The fraction of sp³-hybridized carbons (Fsp3) is 0.409. The first-order chi connectivity index (χ1) is 13.1. The third-order valence-electron chi connectivity index (χ3n) is 5.37. The summed E-state index contributed by atoms with van der Waals surface area (Å²) in [6.45, 7) is 9.73. The van der Waals surface area contributed by atoms with Gasteiger partial charge in [-0.15, -0.1) is 0 Å². The molecule has 2 aromatic carbocycles. The van der Waals surface area contributed by atoms with Crippen LogP contribution < -0.4 is 10.7 Å². The Morgan fingerprint density at radius 2 is 1.74 bits per heavy atom. The second kappa shape index (κ2) is 7.71. The van der Waals surface area contributed by atoms with Crippen molar-refractivity contribution in [1.29, 1.82) is 0 Å². The minimum Gasteiger partial charge on any atom is -0.456 e. The van der Waals surface area contributed by atoms with E-state index in [4.69, 9.17) is 9.15 Å². The molecule has 0 amide bonds. The molecule has 3 aromatic rings. The Balaban J connectivity index is 1.50. The molecule has 0 bridgehead atoms. The maximum Gasteiger partial charge on any atom is 0.200 e. The third-order valence-corrected chi connectivity index (χ3v) is 5.37. The van der Waals surface area contributed by atoms with Crippen LogP contribution in [-0.2, 0) is 4.74 Å². The van der Waals surface area contributed by atoms with E-state index in [2.05, 4.69) is 10.2 Å². The predicted molar refractivity (Wildman–Crippen MR) is 110 cm³/mol. The average molecular weight is 366 g/mol. The van der Waals surface area contributed by atoms with Crippen LogP contribution in [0.4, 0.5) is 5.69 Å². The molecule has 2 heterocycles. The second-order valence-electron chi connectivity index (χ2n) is 7.31. The highest BCUT2D eigenvalue weighted by atomic mass is 16.5. The minimum atomic E-state index is 0.0354. The molecule has 5 nitrogen and oxygen atoms in total. The Bertz CT molecular complexity index is 1020. The highest BCUT2D eigenvalue weighted by molar-refractivity contribution is 5.91. The van der Waals surface area contributed by atoms with Gasteiger partial charge in [0.1, 0.15) is 11.2 Å². The van der Waals surface area contributed by atoms with E-state index in [0.717, 1.165) is 62.6 Å². The Kier molecular flexibility index (Phi) is 5.14. The normalized spacial score (nSPS) is 15.5. The van der Waals surface area contributed by atoms with E-state index in [9.17, 15) is 4.79 Å². The molecule has 4 rings (SSSR count). The molecule has 0 atom stereocenters. The first kappa shape index (κ1) is 18.0. The lowest BCUT2D eigenvalue weighted by molar-refractivity contribution is 0.0378. The number of hydrogen-bond acceptors (Lipinski definition) is 5. The van der Waals surface area contributed by atoms with Crippen molar-refractivity contribution in [3.05, 3.63) is 51.7 Å². The van der Waals surface area contributed by atoms with Gasteiger partial charge < -0.3 is 14.5 Å². The van der Waals surface area contributed by atoms with E-state index in [1.165, 1.54) is 0 Å². The SMILES string of the molecule is Cc1cc2oc3cc(NCCCN4CCOCC4)ccc3c(=O)c2cc1C. The van der Waals surface area contributed by atoms with Crippen LogP contribution in [0.3, 0.4) is 0 Å². The van der Waals surface area contributed by atoms with E-state index < -0.39 is 0 Å². The van der Waals surface area contributed by atoms with Crippen LogP contribution in [-0.4, -0.2) is 44.3 Å². The van der Waals surface area contributed by atoms with Gasteiger partial charge in [0.25, 0.3) is 0 Å². The summed E-state index contributed by atoms with van der Waals surface area (Å²) in [5.74, 6) is 0. The van der Waals surface area contributed by atoms with Crippen molar-refractivity contribution in [3.63, 3.8) is 0 Å². The number of fused-ring (bicyclic) bond motifs is 2. The van der Waals surface area contributed by atoms with Crippen molar-refractivity contribution in [3.8, 4) is 0 Å². The zero-order valence-corrected chi connectivity index (χ0v) is 16.0. The first-order valence-corrected chi connectivity index (χ1v) is 9.63. The summed E-state index contributed by atoms with van der Waals surface area (Å²) >= 11 is 0. The molecule has 1 fully saturated rings. The van der Waals surface area contributed by atoms with Gasteiger partial charge in [0.2, 0.25) is 5.43 Å². The second-order valence-corrected chi connectivity index (χ2v) is 7.31. The summed E-state index contributed by atoms with van der Waals surface area (Å²) < 4.78 is 11.4. The molecule has 1 N–H and O–H groups in total. The number of anilines is 1. The Morgan fingerprint density at radius 3 is 2.56 bits per heavy atom. The number of aryl methyl sites for hydroxylation is 2. The summed E-state index contributed by atoms with van der Waals surface area (Å²) in [6, 6.07) is 9.63. The summed E-state index contributed by atoms with van der Waals surface area (Å²) in [4.78, 5) is 15.2. The van der Waals surface area contributed by atoms with Gasteiger partial charge in [0.15, 0.2) is 0 Å². The highest BCUT2D eigenvalue weighted by Gasteiger charge is 2.11. The van der Waals surface area contributed by atoms with Crippen molar-refractivity contribution in [2.45, 2.75) is 20.3 Å². The van der Waals surface area contributed by atoms with Crippen LogP contribution >= 0.6 is 0 Å². The lowest BCUT2D eigenvalue weighted by atomic mass is 10.1. The van der Waals surface area contributed by atoms with Crippen LogP contribution in [0.1, 0.15) is 17.5 Å². The smallest absolute Gasteiger partial charge is 0.200 e. The van der Waals surface area contributed by atoms with Gasteiger partial charge in [-0.25, -0.2) is 0 Å². The molecular weight excluding hydrogens is 340 g/mol. The largest absolute Gasteiger partial charge is 0.456 e. The van der Waals surface area contributed by atoms with Gasteiger partial charge in [-0.2, -0.15) is 0 Å². The van der Waals surface area contributed by atoms with E-state index in [1.54, 1.807) is 0 Å². The maximum atomic E-state index is 12.8. The standard InChI is InChI=1S/C22H26N2O3/c1-15-12-19-20(13-16(15)2)27-21-14-17(4-5-18(21)22(19)25)23-6-3-7-24-8-10-26-11-9-24/h4-5,12-14,23H,3,6-11H2,1-2H3. The third kappa shape index (κ3) is 3.84. The van der Waals surface area contributed by atoms with E-state index in [-0.39, 0.29) is 5.43 Å². The van der Waals surface area contributed by atoms with Gasteiger partial charge in [-0.3, -0.25) is 9.69 Å². The van der Waals surface area contributed by atoms with Gasteiger partial charge in [-0.1, -0.05) is 0 Å². The van der Waals surface area contributed by atoms with Crippen molar-refractivity contribution in [1.82, 2.24) is 4.90 Å². The van der Waals surface area contributed by atoms with Gasteiger partial charge >= 0.3 is 0 Å². The summed E-state index contributed by atoms with van der Waals surface area (Å²) in [5.41, 5.74) is 4.54. The van der Waals surface area contributed by atoms with Crippen molar-refractivity contribution < 1.29 is 9.15 Å². The molecule has 0 radical (unpaired) electrons. The fourth-order valence-electron chi connectivity index (χ4n) is 3.58. The predicted octanol–water partition coefficient (Wildman–Crippen LogP) is 3.70. The van der Waals surface area contributed by atoms with E-state index in [1.807, 2.05) is 44.2 Å². The molecule has 0 spiro atoms. The summed E-state index contributed by atoms with van der Waals surface area (Å²) in [7, 11) is 0. The molecule has 1 aromatic heterocycles. The van der Waals surface area contributed by atoms with Crippen LogP contribution in [0.2, 0.25) is 0 Å². The van der Waals surface area contributed by atoms with Crippen LogP contribution in [0.15, 0.2) is 39.5 Å². The molecule has 1 saturated heterocycles. The average Bonchev–Trinajstić information content (AvgIpc) is 2.68. The molecule has 1 aliphatic rings. The number of benzene rings is 2. The Hall–Kier alpha value is -2.37.